The maximum absolute atomic E-state index is 12.2. The van der Waals surface area contributed by atoms with Gasteiger partial charge in [-0.05, 0) is 25.0 Å². The number of benzene rings is 1. The molecule has 0 N–H and O–H groups in total. The van der Waals surface area contributed by atoms with Crippen molar-refractivity contribution in [3.8, 4) is 0 Å². The van der Waals surface area contributed by atoms with Crippen molar-refractivity contribution in [3.63, 3.8) is 0 Å². The summed E-state index contributed by atoms with van der Waals surface area (Å²) in [6.07, 6.45) is -0.141. The molecule has 1 aromatic carbocycles. The Morgan fingerprint density at radius 1 is 1.26 bits per heavy atom. The van der Waals surface area contributed by atoms with Gasteiger partial charge in [0.25, 0.3) is 0 Å². The molecular formula is C15H16ClNO2. The monoisotopic (exact) mass is 277 g/mol. The third-order valence-electron chi connectivity index (χ3n) is 3.14. The van der Waals surface area contributed by atoms with Crippen LogP contribution in [0, 0.1) is 5.92 Å². The minimum Gasteiger partial charge on any atom is -0.459 e. The van der Waals surface area contributed by atoms with Crippen LogP contribution in [0.4, 0.5) is 0 Å². The van der Waals surface area contributed by atoms with Gasteiger partial charge in [0.1, 0.15) is 11.3 Å². The Bertz CT molecular complexity index is 610. The number of fused-ring (bicyclic) bond motifs is 1. The van der Waals surface area contributed by atoms with E-state index in [0.717, 1.165) is 5.39 Å². The Hall–Kier alpha value is -1.61. The van der Waals surface area contributed by atoms with E-state index in [1.807, 2.05) is 45.0 Å². The summed E-state index contributed by atoms with van der Waals surface area (Å²) < 4.78 is 5.44. The summed E-state index contributed by atoms with van der Waals surface area (Å²) >= 11 is 5.95. The van der Waals surface area contributed by atoms with Gasteiger partial charge in [-0.15, -0.1) is 0 Å². The van der Waals surface area contributed by atoms with Crippen LogP contribution >= 0.6 is 11.6 Å². The largest absolute Gasteiger partial charge is 0.459 e. The number of para-hydroxylation sites is 1. The van der Waals surface area contributed by atoms with Crippen molar-refractivity contribution in [1.29, 1.82) is 0 Å². The van der Waals surface area contributed by atoms with Crippen molar-refractivity contribution >= 4 is 28.5 Å². The van der Waals surface area contributed by atoms with Gasteiger partial charge in [0.15, 0.2) is 0 Å². The van der Waals surface area contributed by atoms with Crippen LogP contribution in [0.3, 0.4) is 0 Å². The van der Waals surface area contributed by atoms with E-state index in [0.29, 0.717) is 16.2 Å². The van der Waals surface area contributed by atoms with Gasteiger partial charge >= 0.3 is 5.97 Å². The SMILES string of the molecule is CC(C)C(C)OC(=O)c1cc(Cl)nc2ccccc12. The highest BCUT2D eigenvalue weighted by atomic mass is 35.5. The van der Waals surface area contributed by atoms with Gasteiger partial charge in [0.05, 0.1) is 11.1 Å². The molecule has 0 bridgehead atoms. The number of esters is 1. The van der Waals surface area contributed by atoms with E-state index in [-0.39, 0.29) is 18.0 Å². The predicted octanol–water partition coefficient (Wildman–Crippen LogP) is 4.09. The van der Waals surface area contributed by atoms with Gasteiger partial charge < -0.3 is 4.74 Å². The zero-order valence-corrected chi connectivity index (χ0v) is 11.9. The van der Waals surface area contributed by atoms with Crippen molar-refractivity contribution in [2.24, 2.45) is 5.92 Å². The first-order valence-electron chi connectivity index (χ1n) is 6.25. The average molecular weight is 278 g/mol. The van der Waals surface area contributed by atoms with Gasteiger partial charge in [0.2, 0.25) is 0 Å². The van der Waals surface area contributed by atoms with E-state index >= 15 is 0 Å². The lowest BCUT2D eigenvalue weighted by molar-refractivity contribution is 0.0240. The molecule has 0 radical (unpaired) electrons. The molecule has 1 heterocycles. The summed E-state index contributed by atoms with van der Waals surface area (Å²) in [6.45, 7) is 5.90. The second kappa shape index (κ2) is 5.57. The van der Waals surface area contributed by atoms with Crippen molar-refractivity contribution in [2.45, 2.75) is 26.9 Å². The third kappa shape index (κ3) is 3.04. The van der Waals surface area contributed by atoms with Crippen molar-refractivity contribution in [2.75, 3.05) is 0 Å². The third-order valence-corrected chi connectivity index (χ3v) is 3.33. The summed E-state index contributed by atoms with van der Waals surface area (Å²) in [6, 6.07) is 8.94. The molecule has 0 saturated heterocycles. The van der Waals surface area contributed by atoms with E-state index in [1.54, 1.807) is 6.07 Å². The Morgan fingerprint density at radius 3 is 2.63 bits per heavy atom. The van der Waals surface area contributed by atoms with E-state index in [4.69, 9.17) is 16.3 Å². The van der Waals surface area contributed by atoms with Gasteiger partial charge in [0, 0.05) is 5.39 Å². The van der Waals surface area contributed by atoms with Crippen LogP contribution in [0.5, 0.6) is 0 Å². The molecule has 0 fully saturated rings. The standard InChI is InChI=1S/C15H16ClNO2/c1-9(2)10(3)19-15(18)12-8-14(16)17-13-7-5-4-6-11(12)13/h4-10H,1-3H3. The molecule has 0 aliphatic rings. The van der Waals surface area contributed by atoms with Crippen LogP contribution in [-0.4, -0.2) is 17.1 Å². The number of nitrogens with zero attached hydrogens (tertiary/aromatic N) is 1. The number of pyridine rings is 1. The molecule has 1 unspecified atom stereocenters. The number of rotatable bonds is 3. The fraction of sp³-hybridized carbons (Fsp3) is 0.333. The molecule has 2 rings (SSSR count). The molecule has 0 aliphatic heterocycles. The zero-order chi connectivity index (χ0) is 14.0. The summed E-state index contributed by atoms with van der Waals surface area (Å²) in [7, 11) is 0. The molecule has 4 heteroatoms. The molecule has 0 aliphatic carbocycles. The fourth-order valence-electron chi connectivity index (χ4n) is 1.68. The summed E-state index contributed by atoms with van der Waals surface area (Å²) in [5, 5.41) is 1.05. The van der Waals surface area contributed by atoms with E-state index in [9.17, 15) is 4.79 Å². The first kappa shape index (κ1) is 13.8. The molecular weight excluding hydrogens is 262 g/mol. The molecule has 2 aromatic rings. The first-order chi connectivity index (χ1) is 8.99. The highest BCUT2D eigenvalue weighted by Gasteiger charge is 2.18. The van der Waals surface area contributed by atoms with Crippen LogP contribution in [0.2, 0.25) is 5.15 Å². The van der Waals surface area contributed by atoms with Gasteiger partial charge in [-0.2, -0.15) is 0 Å². The molecule has 0 saturated carbocycles. The van der Waals surface area contributed by atoms with Gasteiger partial charge in [-0.1, -0.05) is 43.6 Å². The van der Waals surface area contributed by atoms with E-state index < -0.39 is 0 Å². The number of aromatic nitrogens is 1. The topological polar surface area (TPSA) is 39.2 Å². The highest BCUT2D eigenvalue weighted by Crippen LogP contribution is 2.22. The van der Waals surface area contributed by atoms with Gasteiger partial charge in [-0.3, -0.25) is 0 Å². The van der Waals surface area contributed by atoms with Crippen molar-refractivity contribution in [1.82, 2.24) is 4.98 Å². The number of hydrogen-bond acceptors (Lipinski definition) is 3. The predicted molar refractivity (Wildman–Crippen MR) is 76.5 cm³/mol. The molecule has 3 nitrogen and oxygen atoms in total. The maximum Gasteiger partial charge on any atom is 0.339 e. The van der Waals surface area contributed by atoms with Crippen LogP contribution in [0.25, 0.3) is 10.9 Å². The second-order valence-corrected chi connectivity index (χ2v) is 5.25. The average Bonchev–Trinajstić information content (AvgIpc) is 2.37. The van der Waals surface area contributed by atoms with Crippen molar-refractivity contribution in [3.05, 3.63) is 41.0 Å². The molecule has 100 valence electrons. The van der Waals surface area contributed by atoms with Crippen molar-refractivity contribution < 1.29 is 9.53 Å². The molecule has 19 heavy (non-hydrogen) atoms. The van der Waals surface area contributed by atoms with E-state index in [2.05, 4.69) is 4.98 Å². The minimum atomic E-state index is -0.360. The van der Waals surface area contributed by atoms with Crippen LogP contribution in [0.1, 0.15) is 31.1 Å². The molecule has 1 atom stereocenters. The minimum absolute atomic E-state index is 0.141. The maximum atomic E-state index is 12.2. The lowest BCUT2D eigenvalue weighted by atomic mass is 10.1. The molecule has 1 aromatic heterocycles. The van der Waals surface area contributed by atoms with Crippen LogP contribution < -0.4 is 0 Å². The molecule has 0 spiro atoms. The number of carbonyl (C=O) groups is 1. The summed E-state index contributed by atoms with van der Waals surface area (Å²) in [5.74, 6) is -0.0887. The Kier molecular flexibility index (Phi) is 4.05. The quantitative estimate of drug-likeness (QED) is 0.626. The first-order valence-corrected chi connectivity index (χ1v) is 6.63. The second-order valence-electron chi connectivity index (χ2n) is 4.86. The zero-order valence-electron chi connectivity index (χ0n) is 11.2. The summed E-state index contributed by atoms with van der Waals surface area (Å²) in [4.78, 5) is 16.4. The molecule has 0 amide bonds. The number of carbonyl (C=O) groups excluding carboxylic acids is 1. The number of ether oxygens (including phenoxy) is 1. The van der Waals surface area contributed by atoms with Crippen LogP contribution in [-0.2, 0) is 4.74 Å². The van der Waals surface area contributed by atoms with Crippen LogP contribution in [0.15, 0.2) is 30.3 Å². The lowest BCUT2D eigenvalue weighted by Crippen LogP contribution is -2.20. The number of hydrogen-bond donors (Lipinski definition) is 0. The lowest BCUT2D eigenvalue weighted by Gasteiger charge is -2.17. The van der Waals surface area contributed by atoms with Gasteiger partial charge in [-0.25, -0.2) is 9.78 Å². The summed E-state index contributed by atoms with van der Waals surface area (Å²) in [5.41, 5.74) is 1.15. The van der Waals surface area contributed by atoms with E-state index in [1.165, 1.54) is 0 Å². The highest BCUT2D eigenvalue weighted by molar-refractivity contribution is 6.30. The Labute approximate surface area is 117 Å². The number of halogens is 1. The fourth-order valence-corrected chi connectivity index (χ4v) is 1.88. The smallest absolute Gasteiger partial charge is 0.339 e. The Morgan fingerprint density at radius 2 is 1.95 bits per heavy atom. The normalized spacial score (nSPS) is 12.7. The Balaban J connectivity index is 2.41.